The van der Waals surface area contributed by atoms with Gasteiger partial charge in [-0.05, 0) is 24.3 Å². The van der Waals surface area contributed by atoms with Crippen LogP contribution in [-0.2, 0) is 19.0 Å². The first kappa shape index (κ1) is 17.3. The zero-order valence-electron chi connectivity index (χ0n) is 12.6. The molecule has 2 aromatic carbocycles. The Bertz CT molecular complexity index is 703. The number of hydrogen-bond acceptors (Lipinski definition) is 6. The van der Waals surface area contributed by atoms with Gasteiger partial charge in [-0.1, -0.05) is 30.3 Å². The molecular weight excluding hydrogens is 318 g/mol. The maximum absolute atomic E-state index is 11.8. The minimum atomic E-state index is -3.73. The van der Waals surface area contributed by atoms with Gasteiger partial charge < -0.3 is 15.2 Å². The molecule has 0 aliphatic heterocycles. The molecule has 23 heavy (non-hydrogen) atoms. The van der Waals surface area contributed by atoms with Crippen LogP contribution in [-0.4, -0.2) is 34.8 Å². The second-order valence-electron chi connectivity index (χ2n) is 4.59. The molecule has 0 radical (unpaired) electrons. The Labute approximate surface area is 135 Å². The van der Waals surface area contributed by atoms with E-state index >= 15 is 0 Å². The molecule has 2 rings (SSSR count). The van der Waals surface area contributed by atoms with Crippen LogP contribution in [0.25, 0.3) is 0 Å². The minimum absolute atomic E-state index is 0.0509. The second-order valence-corrected chi connectivity index (χ2v) is 6.20. The summed E-state index contributed by atoms with van der Waals surface area (Å²) in [6, 6.07) is 15.1. The normalized spacial score (nSPS) is 11.3. The summed E-state index contributed by atoms with van der Waals surface area (Å²) < 4.78 is 39.3. The van der Waals surface area contributed by atoms with Gasteiger partial charge >= 0.3 is 0 Å². The maximum atomic E-state index is 11.8. The van der Waals surface area contributed by atoms with E-state index in [2.05, 4.69) is 0 Å². The van der Waals surface area contributed by atoms with Gasteiger partial charge in [-0.25, -0.2) is 0 Å². The van der Waals surface area contributed by atoms with Crippen molar-refractivity contribution >= 4 is 15.8 Å². The molecule has 2 N–H and O–H groups in total. The molecular formula is C16H19NO5S. The van der Waals surface area contributed by atoms with Crippen LogP contribution in [0.3, 0.4) is 0 Å². The molecule has 0 bridgehead atoms. The van der Waals surface area contributed by atoms with E-state index in [0.717, 1.165) is 0 Å². The smallest absolute Gasteiger partial charge is 0.297 e. The number of benzene rings is 2. The highest BCUT2D eigenvalue weighted by Gasteiger charge is 2.13. The first-order valence-corrected chi connectivity index (χ1v) is 8.50. The van der Waals surface area contributed by atoms with Crippen LogP contribution in [0.5, 0.6) is 5.75 Å². The lowest BCUT2D eigenvalue weighted by Crippen LogP contribution is -2.14. The number of ether oxygens (including phenoxy) is 2. The number of rotatable bonds is 9. The van der Waals surface area contributed by atoms with Crippen molar-refractivity contribution in [2.75, 3.05) is 32.2 Å². The van der Waals surface area contributed by atoms with Crippen molar-refractivity contribution in [3.8, 4) is 5.75 Å². The molecule has 0 aliphatic rings. The van der Waals surface area contributed by atoms with E-state index in [1.807, 2.05) is 12.1 Å². The van der Waals surface area contributed by atoms with E-state index in [0.29, 0.717) is 24.7 Å². The molecule has 124 valence electrons. The van der Waals surface area contributed by atoms with Crippen molar-refractivity contribution in [3.63, 3.8) is 0 Å². The Hall–Kier alpha value is -2.09. The lowest BCUT2D eigenvalue weighted by Gasteiger charge is -2.09. The average Bonchev–Trinajstić information content (AvgIpc) is 2.56. The summed E-state index contributed by atoms with van der Waals surface area (Å²) in [5, 5.41) is 0. The monoisotopic (exact) mass is 337 g/mol. The van der Waals surface area contributed by atoms with Gasteiger partial charge in [0.15, 0.2) is 0 Å². The van der Waals surface area contributed by atoms with Gasteiger partial charge in [0, 0.05) is 0 Å². The Kier molecular flexibility index (Phi) is 6.40. The zero-order valence-corrected chi connectivity index (χ0v) is 13.4. The quantitative estimate of drug-likeness (QED) is 0.428. The molecule has 0 atom stereocenters. The molecule has 0 aliphatic carbocycles. The first-order valence-electron chi connectivity index (χ1n) is 7.09. The van der Waals surface area contributed by atoms with Crippen molar-refractivity contribution in [3.05, 3.63) is 54.6 Å². The number of anilines is 1. The third-order valence-corrected chi connectivity index (χ3v) is 4.23. The first-order chi connectivity index (χ1) is 11.1. The topological polar surface area (TPSA) is 87.8 Å². The van der Waals surface area contributed by atoms with Crippen molar-refractivity contribution in [1.82, 2.24) is 0 Å². The molecule has 0 fully saturated rings. The van der Waals surface area contributed by atoms with Crippen LogP contribution in [0, 0.1) is 0 Å². The summed E-state index contributed by atoms with van der Waals surface area (Å²) in [4.78, 5) is 0.128. The summed E-state index contributed by atoms with van der Waals surface area (Å²) in [6.07, 6.45) is 0. The van der Waals surface area contributed by atoms with Crippen molar-refractivity contribution in [2.24, 2.45) is 0 Å². The molecule has 0 amide bonds. The average molecular weight is 337 g/mol. The molecule has 0 heterocycles. The molecule has 7 heteroatoms. The standard InChI is InChI=1S/C16H19NO5S/c17-15-8-4-5-9-16(15)21-12-10-20-11-13-22-23(18,19)14-6-2-1-3-7-14/h1-9H,10-13,17H2. The molecule has 0 saturated carbocycles. The lowest BCUT2D eigenvalue weighted by molar-refractivity contribution is 0.0781. The van der Waals surface area contributed by atoms with Gasteiger partial charge in [-0.2, -0.15) is 8.42 Å². The summed E-state index contributed by atoms with van der Waals surface area (Å²) >= 11 is 0. The van der Waals surface area contributed by atoms with Crippen molar-refractivity contribution < 1.29 is 22.1 Å². The predicted octanol–water partition coefficient (Wildman–Crippen LogP) is 2.07. The number of nitrogen functional groups attached to an aromatic ring is 1. The van der Waals surface area contributed by atoms with E-state index < -0.39 is 10.1 Å². The largest absolute Gasteiger partial charge is 0.489 e. The third kappa shape index (κ3) is 5.55. The zero-order chi connectivity index (χ0) is 16.5. The maximum Gasteiger partial charge on any atom is 0.297 e. The Morgan fingerprint density at radius 1 is 0.826 bits per heavy atom. The van der Waals surface area contributed by atoms with E-state index in [1.54, 1.807) is 30.3 Å². The summed E-state index contributed by atoms with van der Waals surface area (Å²) in [6.45, 7) is 0.729. The molecule has 0 unspecified atom stereocenters. The SMILES string of the molecule is Nc1ccccc1OCCOCCOS(=O)(=O)c1ccccc1. The lowest BCUT2D eigenvalue weighted by atomic mass is 10.3. The Morgan fingerprint density at radius 3 is 2.22 bits per heavy atom. The molecule has 6 nitrogen and oxygen atoms in total. The van der Waals surface area contributed by atoms with E-state index in [-0.39, 0.29) is 18.1 Å². The van der Waals surface area contributed by atoms with Gasteiger partial charge in [-0.15, -0.1) is 0 Å². The van der Waals surface area contributed by atoms with Crippen LogP contribution in [0.4, 0.5) is 5.69 Å². The molecule has 0 saturated heterocycles. The highest BCUT2D eigenvalue weighted by atomic mass is 32.2. The minimum Gasteiger partial charge on any atom is -0.489 e. The van der Waals surface area contributed by atoms with E-state index in [9.17, 15) is 8.42 Å². The molecule has 0 aromatic heterocycles. The number of hydrogen-bond donors (Lipinski definition) is 1. The fourth-order valence-corrected chi connectivity index (χ4v) is 2.70. The summed E-state index contributed by atoms with van der Waals surface area (Å²) in [7, 11) is -3.73. The number of nitrogens with two attached hydrogens (primary N) is 1. The van der Waals surface area contributed by atoms with E-state index in [4.69, 9.17) is 19.4 Å². The van der Waals surface area contributed by atoms with Gasteiger partial charge in [-0.3, -0.25) is 4.18 Å². The molecule has 0 spiro atoms. The third-order valence-electron chi connectivity index (χ3n) is 2.90. The predicted molar refractivity (Wildman–Crippen MR) is 86.7 cm³/mol. The van der Waals surface area contributed by atoms with Gasteiger partial charge in [0.05, 0.1) is 30.4 Å². The second kappa shape index (κ2) is 8.52. The van der Waals surface area contributed by atoms with Crippen LogP contribution in [0.2, 0.25) is 0 Å². The summed E-state index contributed by atoms with van der Waals surface area (Å²) in [5.41, 5.74) is 6.29. The van der Waals surface area contributed by atoms with Crippen molar-refractivity contribution in [1.29, 1.82) is 0 Å². The van der Waals surface area contributed by atoms with Crippen LogP contribution in [0.1, 0.15) is 0 Å². The fourth-order valence-electron chi connectivity index (χ4n) is 1.78. The summed E-state index contributed by atoms with van der Waals surface area (Å²) in [5.74, 6) is 0.596. The van der Waals surface area contributed by atoms with Crippen LogP contribution in [0.15, 0.2) is 59.5 Å². The van der Waals surface area contributed by atoms with Crippen molar-refractivity contribution in [2.45, 2.75) is 4.90 Å². The van der Waals surface area contributed by atoms with Gasteiger partial charge in [0.25, 0.3) is 10.1 Å². The highest BCUT2D eigenvalue weighted by Crippen LogP contribution is 2.19. The Balaban J connectivity index is 1.62. The Morgan fingerprint density at radius 2 is 1.48 bits per heavy atom. The van der Waals surface area contributed by atoms with Gasteiger partial charge in [0.1, 0.15) is 12.4 Å². The number of para-hydroxylation sites is 2. The van der Waals surface area contributed by atoms with E-state index in [1.165, 1.54) is 12.1 Å². The van der Waals surface area contributed by atoms with Crippen LogP contribution >= 0.6 is 0 Å². The van der Waals surface area contributed by atoms with Gasteiger partial charge in [0.2, 0.25) is 0 Å². The van der Waals surface area contributed by atoms with Crippen LogP contribution < -0.4 is 10.5 Å². The fraction of sp³-hybridized carbons (Fsp3) is 0.250. The molecule has 2 aromatic rings. The highest BCUT2D eigenvalue weighted by molar-refractivity contribution is 7.86.